The third-order valence-corrected chi connectivity index (χ3v) is 8.10. The van der Waals surface area contributed by atoms with Gasteiger partial charge in [0.1, 0.15) is 5.82 Å². The molecule has 36 heavy (non-hydrogen) atoms. The Morgan fingerprint density at radius 2 is 1.78 bits per heavy atom. The number of aromatic nitrogens is 1. The second kappa shape index (κ2) is 8.95. The van der Waals surface area contributed by atoms with Crippen molar-refractivity contribution in [1.82, 2.24) is 9.88 Å². The Balaban J connectivity index is 1.59. The number of fused-ring (bicyclic) bond motifs is 1. The second-order valence-electron chi connectivity index (χ2n) is 8.83. The first-order chi connectivity index (χ1) is 17.0. The molecule has 0 bridgehead atoms. The molecule has 2 heterocycles. The standard InChI is InChI=1S/C26H22F4N2O3S/c27-19-5-7-21(8-6-19)32-14-23(16-2-1-3-18(12-16)26(28,29)30)22-9-4-17(13-24(22)32)25(33)31-20-10-11-36(34,35)15-20/h1-9,12-14,20,34-35H,10-11,15H2,(H,31,33). The van der Waals surface area contributed by atoms with Crippen LogP contribution in [0.5, 0.6) is 0 Å². The van der Waals surface area contributed by atoms with Gasteiger partial charge in [0.2, 0.25) is 0 Å². The highest BCUT2D eigenvalue weighted by molar-refractivity contribution is 8.24. The quantitative estimate of drug-likeness (QED) is 0.263. The smallest absolute Gasteiger partial charge is 0.348 e. The van der Waals surface area contributed by atoms with Crippen LogP contribution >= 0.6 is 10.6 Å². The van der Waals surface area contributed by atoms with Crippen molar-refractivity contribution in [2.24, 2.45) is 0 Å². The van der Waals surface area contributed by atoms with Crippen molar-refractivity contribution >= 4 is 27.4 Å². The van der Waals surface area contributed by atoms with Gasteiger partial charge in [-0.25, -0.2) is 4.39 Å². The Hall–Kier alpha value is -3.34. The van der Waals surface area contributed by atoms with Crippen LogP contribution in [0.2, 0.25) is 0 Å². The third kappa shape index (κ3) is 4.84. The molecule has 3 aromatic carbocycles. The maximum absolute atomic E-state index is 13.6. The molecule has 0 radical (unpaired) electrons. The van der Waals surface area contributed by atoms with E-state index in [0.717, 1.165) is 12.1 Å². The molecule has 1 aliphatic heterocycles. The molecular weight excluding hydrogens is 496 g/mol. The van der Waals surface area contributed by atoms with Gasteiger partial charge in [-0.3, -0.25) is 13.9 Å². The van der Waals surface area contributed by atoms with Gasteiger partial charge in [-0.2, -0.15) is 23.8 Å². The molecule has 0 spiro atoms. The van der Waals surface area contributed by atoms with Gasteiger partial charge in [-0.05, 0) is 60.5 Å². The lowest BCUT2D eigenvalue weighted by atomic mass is 10.0. The summed E-state index contributed by atoms with van der Waals surface area (Å²) in [6.07, 6.45) is -2.37. The Morgan fingerprint density at radius 1 is 1.03 bits per heavy atom. The summed E-state index contributed by atoms with van der Waals surface area (Å²) in [6.45, 7) is 0. The van der Waals surface area contributed by atoms with Crippen molar-refractivity contribution in [3.8, 4) is 16.8 Å². The Bertz CT molecular complexity index is 1450. The zero-order valence-corrected chi connectivity index (χ0v) is 19.6. The van der Waals surface area contributed by atoms with Gasteiger partial charge in [0.05, 0.1) is 16.8 Å². The van der Waals surface area contributed by atoms with Crippen LogP contribution in [0.4, 0.5) is 17.6 Å². The van der Waals surface area contributed by atoms with Crippen LogP contribution in [-0.4, -0.2) is 37.1 Å². The average molecular weight is 519 g/mol. The van der Waals surface area contributed by atoms with Crippen LogP contribution < -0.4 is 5.32 Å². The molecule has 0 aliphatic carbocycles. The number of hydrogen-bond donors (Lipinski definition) is 3. The number of amides is 1. The summed E-state index contributed by atoms with van der Waals surface area (Å²) >= 11 is 0. The van der Waals surface area contributed by atoms with Crippen molar-refractivity contribution in [1.29, 1.82) is 0 Å². The number of hydrogen-bond acceptors (Lipinski definition) is 3. The molecule has 1 aliphatic rings. The van der Waals surface area contributed by atoms with Gasteiger partial charge in [0.15, 0.2) is 0 Å². The van der Waals surface area contributed by atoms with Gasteiger partial charge in [-0.1, -0.05) is 18.2 Å². The largest absolute Gasteiger partial charge is 0.416 e. The highest BCUT2D eigenvalue weighted by Gasteiger charge is 2.31. The highest BCUT2D eigenvalue weighted by Crippen LogP contribution is 2.45. The summed E-state index contributed by atoms with van der Waals surface area (Å²) in [7, 11) is -2.68. The number of benzene rings is 3. The molecule has 3 N–H and O–H groups in total. The SMILES string of the molecule is O=C(NC1CCS(O)(O)C1)c1ccc2c(-c3cccc(C(F)(F)F)c3)cn(-c3ccc(F)cc3)c2c1. The molecule has 1 fully saturated rings. The monoisotopic (exact) mass is 518 g/mol. The molecule has 0 saturated carbocycles. The average Bonchev–Trinajstić information content (AvgIpc) is 3.38. The van der Waals surface area contributed by atoms with Crippen molar-refractivity contribution in [3.63, 3.8) is 0 Å². The fourth-order valence-corrected chi connectivity index (χ4v) is 6.20. The first kappa shape index (κ1) is 24.4. The first-order valence-electron chi connectivity index (χ1n) is 11.1. The predicted octanol–water partition coefficient (Wildman–Crippen LogP) is 6.71. The maximum Gasteiger partial charge on any atom is 0.416 e. The summed E-state index contributed by atoms with van der Waals surface area (Å²) in [5, 5.41) is 3.44. The predicted molar refractivity (Wildman–Crippen MR) is 132 cm³/mol. The zero-order chi connectivity index (χ0) is 25.7. The van der Waals surface area contributed by atoms with E-state index in [1.54, 1.807) is 47.2 Å². The summed E-state index contributed by atoms with van der Waals surface area (Å²) in [4.78, 5) is 12.9. The van der Waals surface area contributed by atoms with Gasteiger partial charge in [0.25, 0.3) is 5.91 Å². The van der Waals surface area contributed by atoms with Gasteiger partial charge in [0, 0.05) is 40.2 Å². The number of halogens is 4. The van der Waals surface area contributed by atoms with E-state index < -0.39 is 34.1 Å². The van der Waals surface area contributed by atoms with Gasteiger partial charge in [-0.15, -0.1) is 0 Å². The molecule has 188 valence electrons. The maximum atomic E-state index is 13.6. The van der Waals surface area contributed by atoms with E-state index in [1.807, 2.05) is 0 Å². The molecule has 1 amide bonds. The van der Waals surface area contributed by atoms with E-state index in [0.29, 0.717) is 39.7 Å². The minimum absolute atomic E-state index is 0.104. The van der Waals surface area contributed by atoms with Crippen LogP contribution in [0.15, 0.2) is 72.9 Å². The number of rotatable bonds is 4. The van der Waals surface area contributed by atoms with Gasteiger partial charge < -0.3 is 9.88 Å². The van der Waals surface area contributed by atoms with Crippen molar-refractivity contribution in [3.05, 3.63) is 89.9 Å². The zero-order valence-electron chi connectivity index (χ0n) is 18.8. The Labute approximate surface area is 205 Å². The third-order valence-electron chi connectivity index (χ3n) is 6.27. The van der Waals surface area contributed by atoms with Crippen LogP contribution in [0, 0.1) is 5.82 Å². The molecular formula is C26H22F4N2O3S. The molecule has 4 aromatic rings. The van der Waals surface area contributed by atoms with Crippen molar-refractivity contribution < 1.29 is 31.5 Å². The van der Waals surface area contributed by atoms with E-state index in [2.05, 4.69) is 5.32 Å². The van der Waals surface area contributed by atoms with Crippen LogP contribution in [0.25, 0.3) is 27.7 Å². The Morgan fingerprint density at radius 3 is 2.44 bits per heavy atom. The van der Waals surface area contributed by atoms with Crippen molar-refractivity contribution in [2.45, 2.75) is 18.6 Å². The number of nitrogens with zero attached hydrogens (tertiary/aromatic N) is 1. The normalized spacial score (nSPS) is 18.3. The summed E-state index contributed by atoms with van der Waals surface area (Å²) in [6, 6.07) is 15.2. The molecule has 5 nitrogen and oxygen atoms in total. The molecule has 1 aromatic heterocycles. The molecule has 1 saturated heterocycles. The highest BCUT2D eigenvalue weighted by atomic mass is 32.3. The van der Waals surface area contributed by atoms with E-state index in [9.17, 15) is 31.5 Å². The Kier molecular flexibility index (Phi) is 6.06. The molecule has 5 rings (SSSR count). The summed E-state index contributed by atoms with van der Waals surface area (Å²) in [5.41, 5.74) is 1.53. The second-order valence-corrected chi connectivity index (χ2v) is 11.2. The fraction of sp³-hybridized carbons (Fsp3) is 0.192. The molecule has 1 atom stereocenters. The number of alkyl halides is 3. The summed E-state index contributed by atoms with van der Waals surface area (Å²) < 4.78 is 75.0. The minimum atomic E-state index is -4.50. The number of carbonyl (C=O) groups excluding carboxylic acids is 1. The van der Waals surface area contributed by atoms with E-state index in [4.69, 9.17) is 0 Å². The molecule has 1 unspecified atom stereocenters. The van der Waals surface area contributed by atoms with Crippen molar-refractivity contribution in [2.75, 3.05) is 11.5 Å². The van der Waals surface area contributed by atoms with E-state index in [1.165, 1.54) is 18.2 Å². The lowest BCUT2D eigenvalue weighted by Crippen LogP contribution is -2.35. The minimum Gasteiger partial charge on any atom is -0.348 e. The van der Waals surface area contributed by atoms with E-state index >= 15 is 0 Å². The first-order valence-corrected chi connectivity index (χ1v) is 13.0. The lowest BCUT2D eigenvalue weighted by molar-refractivity contribution is -0.137. The fourth-order valence-electron chi connectivity index (χ4n) is 4.48. The van der Waals surface area contributed by atoms with Crippen LogP contribution in [-0.2, 0) is 6.18 Å². The summed E-state index contributed by atoms with van der Waals surface area (Å²) in [5.74, 6) is -0.486. The van der Waals surface area contributed by atoms with E-state index in [-0.39, 0.29) is 17.5 Å². The number of carbonyl (C=O) groups is 1. The van der Waals surface area contributed by atoms with Crippen LogP contribution in [0.3, 0.4) is 0 Å². The topological polar surface area (TPSA) is 74.5 Å². The van der Waals surface area contributed by atoms with Crippen LogP contribution in [0.1, 0.15) is 22.3 Å². The number of nitrogens with one attached hydrogen (secondary N) is 1. The molecule has 10 heteroatoms. The lowest BCUT2D eigenvalue weighted by Gasteiger charge is -2.26. The van der Waals surface area contributed by atoms with Gasteiger partial charge >= 0.3 is 6.18 Å².